The molecule has 9 heavy (non-hydrogen) atoms. The summed E-state index contributed by atoms with van der Waals surface area (Å²) in [7, 11) is 0. The highest BCUT2D eigenvalue weighted by atomic mass is 32.2. The van der Waals surface area contributed by atoms with Crippen LogP contribution in [-0.4, -0.2) is 16.5 Å². The molecule has 1 N–H and O–H groups in total. The summed E-state index contributed by atoms with van der Waals surface area (Å²) in [4.78, 5) is 0. The van der Waals surface area contributed by atoms with E-state index in [1.165, 1.54) is 0 Å². The minimum Gasteiger partial charge on any atom is -0.386 e. The van der Waals surface area contributed by atoms with E-state index in [1.54, 1.807) is 31.7 Å². The Morgan fingerprint density at radius 1 is 1.56 bits per heavy atom. The zero-order chi connectivity index (χ0) is 7.33. The van der Waals surface area contributed by atoms with Gasteiger partial charge in [-0.3, -0.25) is 0 Å². The molecule has 0 spiro atoms. The van der Waals surface area contributed by atoms with Gasteiger partial charge in [-0.15, -0.1) is 11.8 Å². The van der Waals surface area contributed by atoms with Gasteiger partial charge in [0.1, 0.15) is 0 Å². The lowest BCUT2D eigenvalue weighted by Crippen LogP contribution is -2.13. The number of thioether (sulfide) groups is 1. The Hall–Kier alpha value is 0.0500. The van der Waals surface area contributed by atoms with Crippen LogP contribution in [0.3, 0.4) is 0 Å². The van der Waals surface area contributed by atoms with E-state index in [0.717, 1.165) is 5.75 Å². The van der Waals surface area contributed by atoms with Crippen LogP contribution in [0, 0.1) is 0 Å². The molecule has 0 amide bonds. The smallest absolute Gasteiger partial charge is 0.0779 e. The van der Waals surface area contributed by atoms with E-state index in [-0.39, 0.29) is 0 Å². The van der Waals surface area contributed by atoms with Gasteiger partial charge in [0.25, 0.3) is 0 Å². The lowest BCUT2D eigenvalue weighted by atomic mass is 10.1. The van der Waals surface area contributed by atoms with Crippen molar-refractivity contribution in [2.75, 3.05) is 5.75 Å². The quantitative estimate of drug-likeness (QED) is 0.657. The molecular formula is C7H14OS. The van der Waals surface area contributed by atoms with Crippen LogP contribution >= 0.6 is 11.8 Å². The normalized spacial score (nSPS) is 12.9. The molecule has 0 saturated heterocycles. The Morgan fingerprint density at radius 2 is 2.11 bits per heavy atom. The third-order valence-corrected chi connectivity index (χ3v) is 1.40. The summed E-state index contributed by atoms with van der Waals surface area (Å²) >= 11 is 1.69. The Labute approximate surface area is 61.2 Å². The Balaban J connectivity index is 3.45. The van der Waals surface area contributed by atoms with Crippen LogP contribution in [0.15, 0.2) is 11.5 Å². The molecule has 54 valence electrons. The van der Waals surface area contributed by atoms with Gasteiger partial charge in [0.15, 0.2) is 0 Å². The maximum Gasteiger partial charge on any atom is 0.0779 e. The fraction of sp³-hybridized carbons (Fsp3) is 0.714. The van der Waals surface area contributed by atoms with Gasteiger partial charge in [0, 0.05) is 0 Å². The van der Waals surface area contributed by atoms with Crippen molar-refractivity contribution in [2.24, 2.45) is 0 Å². The van der Waals surface area contributed by atoms with Gasteiger partial charge in [-0.25, -0.2) is 0 Å². The monoisotopic (exact) mass is 146 g/mol. The van der Waals surface area contributed by atoms with Crippen molar-refractivity contribution in [2.45, 2.75) is 26.4 Å². The second-order valence-electron chi connectivity index (χ2n) is 2.41. The molecule has 0 fully saturated rings. The zero-order valence-corrected chi connectivity index (χ0v) is 7.03. The first-order chi connectivity index (χ1) is 4.06. The van der Waals surface area contributed by atoms with Gasteiger partial charge in [0.05, 0.1) is 5.60 Å². The fourth-order valence-corrected chi connectivity index (χ4v) is 0.933. The van der Waals surface area contributed by atoms with Crippen LogP contribution in [0.4, 0.5) is 0 Å². The topological polar surface area (TPSA) is 20.2 Å². The standard InChI is InChI=1S/C7H14OS/c1-4-9-6-5-7(2,3)8/h5-6,8H,4H2,1-3H3/b6-5+. The fourth-order valence-electron chi connectivity index (χ4n) is 0.311. The first-order valence-electron chi connectivity index (χ1n) is 3.08. The minimum absolute atomic E-state index is 0.651. The van der Waals surface area contributed by atoms with E-state index >= 15 is 0 Å². The van der Waals surface area contributed by atoms with E-state index in [1.807, 2.05) is 5.41 Å². The second-order valence-corrected chi connectivity index (χ2v) is 3.59. The molecule has 0 atom stereocenters. The van der Waals surface area contributed by atoms with Crippen molar-refractivity contribution in [1.29, 1.82) is 0 Å². The van der Waals surface area contributed by atoms with Gasteiger partial charge in [-0.2, -0.15) is 0 Å². The molecular weight excluding hydrogens is 132 g/mol. The lowest BCUT2D eigenvalue weighted by molar-refractivity contribution is 0.133. The Kier molecular flexibility index (Phi) is 3.98. The first kappa shape index (κ1) is 9.05. The van der Waals surface area contributed by atoms with Crippen molar-refractivity contribution in [3.05, 3.63) is 11.5 Å². The van der Waals surface area contributed by atoms with Crippen LogP contribution in [-0.2, 0) is 0 Å². The predicted molar refractivity (Wildman–Crippen MR) is 43.6 cm³/mol. The summed E-state index contributed by atoms with van der Waals surface area (Å²) in [5.74, 6) is 1.06. The summed E-state index contributed by atoms with van der Waals surface area (Å²) in [6, 6.07) is 0. The summed E-state index contributed by atoms with van der Waals surface area (Å²) in [6.07, 6.45) is 1.79. The average Bonchev–Trinajstić information content (AvgIpc) is 1.63. The van der Waals surface area contributed by atoms with Crippen molar-refractivity contribution >= 4 is 11.8 Å². The lowest BCUT2D eigenvalue weighted by Gasteiger charge is -2.09. The van der Waals surface area contributed by atoms with Crippen LogP contribution in [0.2, 0.25) is 0 Å². The van der Waals surface area contributed by atoms with E-state index in [9.17, 15) is 0 Å². The molecule has 0 saturated carbocycles. The van der Waals surface area contributed by atoms with Crippen molar-refractivity contribution < 1.29 is 5.11 Å². The van der Waals surface area contributed by atoms with E-state index in [2.05, 4.69) is 6.92 Å². The molecule has 0 radical (unpaired) electrons. The summed E-state index contributed by atoms with van der Waals surface area (Å²) in [6.45, 7) is 5.61. The molecule has 0 aromatic rings. The van der Waals surface area contributed by atoms with Crippen molar-refractivity contribution in [3.8, 4) is 0 Å². The van der Waals surface area contributed by atoms with Gasteiger partial charge >= 0.3 is 0 Å². The third kappa shape index (κ3) is 8.05. The number of hydrogen-bond donors (Lipinski definition) is 1. The average molecular weight is 146 g/mol. The molecule has 0 aliphatic heterocycles. The molecule has 0 aliphatic rings. The van der Waals surface area contributed by atoms with E-state index in [0.29, 0.717) is 0 Å². The summed E-state index contributed by atoms with van der Waals surface area (Å²) in [5, 5.41) is 11.1. The van der Waals surface area contributed by atoms with E-state index < -0.39 is 5.60 Å². The predicted octanol–water partition coefficient (Wildman–Crippen LogP) is 2.02. The van der Waals surface area contributed by atoms with Gasteiger partial charge in [-0.05, 0) is 31.1 Å². The Bertz CT molecular complexity index is 91.6. The third-order valence-electron chi connectivity index (χ3n) is 0.739. The molecule has 0 aliphatic carbocycles. The SMILES string of the molecule is CCS/C=C/C(C)(C)O. The highest BCUT2D eigenvalue weighted by molar-refractivity contribution is 8.02. The minimum atomic E-state index is -0.651. The van der Waals surface area contributed by atoms with E-state index in [4.69, 9.17) is 5.11 Å². The molecule has 0 unspecified atom stereocenters. The number of rotatable bonds is 3. The van der Waals surface area contributed by atoms with Crippen molar-refractivity contribution in [1.82, 2.24) is 0 Å². The van der Waals surface area contributed by atoms with Crippen molar-refractivity contribution in [3.63, 3.8) is 0 Å². The Morgan fingerprint density at radius 3 is 2.44 bits per heavy atom. The number of aliphatic hydroxyl groups is 1. The first-order valence-corrected chi connectivity index (χ1v) is 4.13. The molecule has 0 rings (SSSR count). The molecule has 1 nitrogen and oxygen atoms in total. The molecule has 0 aromatic heterocycles. The largest absolute Gasteiger partial charge is 0.386 e. The number of hydrogen-bond acceptors (Lipinski definition) is 2. The van der Waals surface area contributed by atoms with Gasteiger partial charge in [-0.1, -0.05) is 6.92 Å². The highest BCUT2D eigenvalue weighted by Gasteiger charge is 2.04. The molecule has 0 aromatic carbocycles. The maximum atomic E-state index is 9.14. The van der Waals surface area contributed by atoms with Gasteiger partial charge in [0.2, 0.25) is 0 Å². The molecule has 2 heteroatoms. The molecule has 0 bridgehead atoms. The highest BCUT2D eigenvalue weighted by Crippen LogP contribution is 2.07. The van der Waals surface area contributed by atoms with Crippen LogP contribution < -0.4 is 0 Å². The maximum absolute atomic E-state index is 9.14. The summed E-state index contributed by atoms with van der Waals surface area (Å²) in [5.41, 5.74) is -0.651. The van der Waals surface area contributed by atoms with Crippen LogP contribution in [0.1, 0.15) is 20.8 Å². The second kappa shape index (κ2) is 3.96. The molecule has 0 heterocycles. The van der Waals surface area contributed by atoms with Crippen LogP contribution in [0.25, 0.3) is 0 Å². The van der Waals surface area contributed by atoms with Gasteiger partial charge < -0.3 is 5.11 Å². The zero-order valence-electron chi connectivity index (χ0n) is 6.22. The van der Waals surface area contributed by atoms with Crippen LogP contribution in [0.5, 0.6) is 0 Å². The summed E-state index contributed by atoms with van der Waals surface area (Å²) < 4.78 is 0.